The molecule has 0 bridgehead atoms. The second-order valence-corrected chi connectivity index (χ2v) is 7.56. The van der Waals surface area contributed by atoms with E-state index in [0.717, 1.165) is 32.0 Å². The lowest BCUT2D eigenvalue weighted by atomic mass is 10.0. The summed E-state index contributed by atoms with van der Waals surface area (Å²) in [5.41, 5.74) is 2.77. The molecule has 0 radical (unpaired) electrons. The van der Waals surface area contributed by atoms with Crippen LogP contribution in [-0.4, -0.2) is 67.1 Å². The van der Waals surface area contributed by atoms with Crippen molar-refractivity contribution in [1.29, 1.82) is 0 Å². The van der Waals surface area contributed by atoms with Crippen molar-refractivity contribution in [1.82, 2.24) is 5.32 Å². The van der Waals surface area contributed by atoms with Gasteiger partial charge in [-0.2, -0.15) is 0 Å². The molecule has 7 nitrogen and oxygen atoms in total. The Morgan fingerprint density at radius 2 is 1.67 bits per heavy atom. The number of ether oxygens (including phenoxy) is 3. The van der Waals surface area contributed by atoms with E-state index in [9.17, 15) is 4.79 Å². The smallest absolute Gasteiger partial charge is 0.259 e. The van der Waals surface area contributed by atoms with Crippen LogP contribution in [0.1, 0.15) is 22.0 Å². The molecule has 3 rings (SSSR count). The molecule has 1 saturated heterocycles. The molecule has 162 valence electrons. The minimum atomic E-state index is -0.202. The average molecular weight is 415 g/mol. The first kappa shape index (κ1) is 21.9. The van der Waals surface area contributed by atoms with Crippen LogP contribution in [0.2, 0.25) is 0 Å². The van der Waals surface area contributed by atoms with Crippen molar-refractivity contribution in [2.75, 3.05) is 66.1 Å². The largest absolute Gasteiger partial charge is 0.496 e. The number of quaternary nitrogens is 1. The molecule has 1 atom stereocenters. The minimum Gasteiger partial charge on any atom is -0.496 e. The zero-order valence-electron chi connectivity index (χ0n) is 18.2. The number of hydrogen-bond acceptors (Lipinski definition) is 5. The first-order valence-corrected chi connectivity index (χ1v) is 10.2. The molecular formula is C23H32N3O4+. The maximum absolute atomic E-state index is 13.1. The number of methoxy groups -OCH3 is 2. The second kappa shape index (κ2) is 10.3. The maximum Gasteiger partial charge on any atom is 0.259 e. The molecule has 1 amide bonds. The van der Waals surface area contributed by atoms with Gasteiger partial charge in [0.2, 0.25) is 0 Å². The second-order valence-electron chi connectivity index (χ2n) is 7.56. The fourth-order valence-corrected chi connectivity index (χ4v) is 3.84. The fraction of sp³-hybridized carbons (Fsp3) is 0.435. The van der Waals surface area contributed by atoms with E-state index in [-0.39, 0.29) is 11.9 Å². The third kappa shape index (κ3) is 5.04. The van der Waals surface area contributed by atoms with Crippen LogP contribution in [0.25, 0.3) is 0 Å². The lowest BCUT2D eigenvalue weighted by molar-refractivity contribution is -0.937. The van der Waals surface area contributed by atoms with Crippen LogP contribution < -0.4 is 24.6 Å². The number of hydrogen-bond donors (Lipinski definition) is 2. The molecule has 1 aliphatic heterocycles. The van der Waals surface area contributed by atoms with Crippen molar-refractivity contribution in [3.8, 4) is 11.5 Å². The highest BCUT2D eigenvalue weighted by Crippen LogP contribution is 2.28. The van der Waals surface area contributed by atoms with Crippen molar-refractivity contribution < 1.29 is 23.9 Å². The van der Waals surface area contributed by atoms with Crippen LogP contribution >= 0.6 is 0 Å². The number of benzene rings is 2. The van der Waals surface area contributed by atoms with Crippen LogP contribution in [0.15, 0.2) is 42.5 Å². The van der Waals surface area contributed by atoms with E-state index in [4.69, 9.17) is 14.2 Å². The van der Waals surface area contributed by atoms with Crippen molar-refractivity contribution in [3.05, 3.63) is 53.6 Å². The number of amides is 1. The quantitative estimate of drug-likeness (QED) is 0.679. The van der Waals surface area contributed by atoms with E-state index >= 15 is 0 Å². The first-order valence-electron chi connectivity index (χ1n) is 10.2. The van der Waals surface area contributed by atoms with Gasteiger partial charge in [-0.15, -0.1) is 0 Å². The first-order chi connectivity index (χ1) is 14.5. The summed E-state index contributed by atoms with van der Waals surface area (Å²) >= 11 is 0. The Balaban J connectivity index is 1.81. The van der Waals surface area contributed by atoms with Gasteiger partial charge in [-0.05, 0) is 24.3 Å². The van der Waals surface area contributed by atoms with Crippen LogP contribution in [0.5, 0.6) is 11.5 Å². The summed E-state index contributed by atoms with van der Waals surface area (Å²) in [5.74, 6) is 0.793. The Hall–Kier alpha value is -2.77. The third-order valence-electron chi connectivity index (χ3n) is 5.56. The molecule has 0 spiro atoms. The number of carbonyl (C=O) groups excluding carboxylic acids is 1. The number of nitrogens with zero attached hydrogens (tertiary/aromatic N) is 1. The maximum atomic E-state index is 13.1. The van der Waals surface area contributed by atoms with Crippen molar-refractivity contribution >= 4 is 11.6 Å². The topological polar surface area (TPSA) is 64.5 Å². The SMILES string of the molecule is COc1cccc(OC)c1C(=O)NC[C@@H](c1ccc(N(C)C)cc1)[NH+]1CCOCC1. The molecule has 2 aromatic carbocycles. The molecule has 7 heteroatoms. The summed E-state index contributed by atoms with van der Waals surface area (Å²) in [6.45, 7) is 3.80. The molecule has 0 saturated carbocycles. The van der Waals surface area contributed by atoms with E-state index in [1.165, 1.54) is 10.5 Å². The van der Waals surface area contributed by atoms with Gasteiger partial charge < -0.3 is 29.3 Å². The predicted octanol–water partition coefficient (Wildman–Crippen LogP) is 1.16. The van der Waals surface area contributed by atoms with Crippen LogP contribution in [0.3, 0.4) is 0 Å². The standard InChI is InChI=1S/C23H31N3O4/c1-25(2)18-10-8-17(9-11-18)19(26-12-14-30-15-13-26)16-24-23(27)22-20(28-3)6-5-7-21(22)29-4/h5-11,19H,12-16H2,1-4H3,(H,24,27)/p+1/t19-/m0/s1. The van der Waals surface area contributed by atoms with E-state index in [2.05, 4.69) is 34.5 Å². The zero-order chi connectivity index (χ0) is 21.5. The van der Waals surface area contributed by atoms with Gasteiger partial charge in [0.05, 0.1) is 34.0 Å². The predicted molar refractivity (Wildman–Crippen MR) is 117 cm³/mol. The molecule has 2 N–H and O–H groups in total. The average Bonchev–Trinajstić information content (AvgIpc) is 2.79. The van der Waals surface area contributed by atoms with Gasteiger partial charge in [-0.3, -0.25) is 4.79 Å². The molecule has 30 heavy (non-hydrogen) atoms. The van der Waals surface area contributed by atoms with Gasteiger partial charge in [0.25, 0.3) is 5.91 Å². The summed E-state index contributed by atoms with van der Waals surface area (Å²) in [5, 5.41) is 3.11. The summed E-state index contributed by atoms with van der Waals surface area (Å²) in [6, 6.07) is 14.0. The van der Waals surface area contributed by atoms with E-state index in [0.29, 0.717) is 23.6 Å². The Morgan fingerprint density at radius 3 is 2.20 bits per heavy atom. The highest BCUT2D eigenvalue weighted by molar-refractivity contribution is 5.99. The Bertz CT molecular complexity index is 811. The molecule has 0 unspecified atom stereocenters. The molecule has 1 aliphatic rings. The van der Waals surface area contributed by atoms with E-state index < -0.39 is 0 Å². The van der Waals surface area contributed by atoms with Crippen molar-refractivity contribution in [2.45, 2.75) is 6.04 Å². The summed E-state index contributed by atoms with van der Waals surface area (Å²) in [6.07, 6.45) is 0. The lowest BCUT2D eigenvalue weighted by Gasteiger charge is -2.32. The zero-order valence-corrected chi connectivity index (χ0v) is 18.2. The molecular weight excluding hydrogens is 382 g/mol. The highest BCUT2D eigenvalue weighted by atomic mass is 16.5. The number of nitrogens with one attached hydrogen (secondary N) is 2. The fourth-order valence-electron chi connectivity index (χ4n) is 3.84. The number of rotatable bonds is 8. The van der Waals surface area contributed by atoms with Gasteiger partial charge in [0.1, 0.15) is 36.2 Å². The monoisotopic (exact) mass is 414 g/mol. The summed E-state index contributed by atoms with van der Waals surface area (Å²) < 4.78 is 16.3. The molecule has 0 aliphatic carbocycles. The van der Waals surface area contributed by atoms with Crippen LogP contribution in [-0.2, 0) is 4.74 Å². The van der Waals surface area contributed by atoms with Gasteiger partial charge >= 0.3 is 0 Å². The lowest BCUT2D eigenvalue weighted by Crippen LogP contribution is -3.15. The Kier molecular flexibility index (Phi) is 7.54. The van der Waals surface area contributed by atoms with Gasteiger partial charge in [0.15, 0.2) is 0 Å². The number of anilines is 1. The van der Waals surface area contributed by atoms with E-state index in [1.807, 2.05) is 14.1 Å². The van der Waals surface area contributed by atoms with Gasteiger partial charge in [0, 0.05) is 25.3 Å². The van der Waals surface area contributed by atoms with Gasteiger partial charge in [-0.25, -0.2) is 0 Å². The minimum absolute atomic E-state index is 0.134. The highest BCUT2D eigenvalue weighted by Gasteiger charge is 2.28. The molecule has 0 aromatic heterocycles. The van der Waals surface area contributed by atoms with Gasteiger partial charge in [-0.1, -0.05) is 18.2 Å². The number of morpholine rings is 1. The van der Waals surface area contributed by atoms with Crippen LogP contribution in [0.4, 0.5) is 5.69 Å². The summed E-state index contributed by atoms with van der Waals surface area (Å²) in [4.78, 5) is 16.5. The number of carbonyl (C=O) groups is 1. The molecule has 1 fully saturated rings. The molecule has 2 aromatic rings. The Morgan fingerprint density at radius 1 is 1.07 bits per heavy atom. The summed E-state index contributed by atoms with van der Waals surface area (Å²) in [7, 11) is 7.16. The van der Waals surface area contributed by atoms with E-state index in [1.54, 1.807) is 32.4 Å². The van der Waals surface area contributed by atoms with Crippen molar-refractivity contribution in [2.24, 2.45) is 0 Å². The molecule has 1 heterocycles. The van der Waals surface area contributed by atoms with Crippen molar-refractivity contribution in [3.63, 3.8) is 0 Å². The Labute approximate surface area is 178 Å². The van der Waals surface area contributed by atoms with Crippen LogP contribution in [0, 0.1) is 0 Å². The normalized spacial score (nSPS) is 15.3. The third-order valence-corrected chi connectivity index (χ3v) is 5.56.